The first kappa shape index (κ1) is 25.5. The maximum absolute atomic E-state index is 12.7. The molecule has 0 aliphatic carbocycles. The first-order chi connectivity index (χ1) is 17.4. The summed E-state index contributed by atoms with van der Waals surface area (Å²) < 4.78 is 10.9. The van der Waals surface area contributed by atoms with Crippen LogP contribution in [-0.2, 0) is 20.9 Å². The van der Waals surface area contributed by atoms with E-state index in [9.17, 15) is 14.4 Å². The predicted octanol–water partition coefficient (Wildman–Crippen LogP) is 3.53. The summed E-state index contributed by atoms with van der Waals surface area (Å²) in [4.78, 5) is 41.5. The maximum Gasteiger partial charge on any atom is 0.260 e. The molecule has 8 nitrogen and oxygen atoms in total. The average molecular weight is 494 g/mol. The van der Waals surface area contributed by atoms with Crippen molar-refractivity contribution in [2.75, 3.05) is 25.2 Å². The van der Waals surface area contributed by atoms with Gasteiger partial charge in [-0.25, -0.2) is 0 Å². The number of benzene rings is 2. The lowest BCUT2D eigenvalue weighted by atomic mass is 9.97. The molecule has 0 radical (unpaired) electrons. The maximum atomic E-state index is 12.7. The Balaban J connectivity index is 1.27. The number of nitrogens with zero attached hydrogens (tertiary/aromatic N) is 2. The lowest BCUT2D eigenvalue weighted by molar-refractivity contribution is -0.139. The fourth-order valence-electron chi connectivity index (χ4n) is 5.06. The van der Waals surface area contributed by atoms with Crippen molar-refractivity contribution in [1.82, 2.24) is 10.2 Å². The van der Waals surface area contributed by atoms with E-state index in [1.807, 2.05) is 29.2 Å². The van der Waals surface area contributed by atoms with E-state index >= 15 is 0 Å². The van der Waals surface area contributed by atoms with Crippen molar-refractivity contribution in [1.29, 1.82) is 0 Å². The Kier molecular flexibility index (Phi) is 8.13. The quantitative estimate of drug-likeness (QED) is 0.608. The van der Waals surface area contributed by atoms with Gasteiger partial charge >= 0.3 is 0 Å². The van der Waals surface area contributed by atoms with Gasteiger partial charge in [-0.15, -0.1) is 0 Å². The van der Waals surface area contributed by atoms with Gasteiger partial charge in [0.15, 0.2) is 6.61 Å². The molecule has 0 unspecified atom stereocenters. The van der Waals surface area contributed by atoms with Gasteiger partial charge in [0.1, 0.15) is 11.5 Å². The van der Waals surface area contributed by atoms with Crippen molar-refractivity contribution in [3.05, 3.63) is 54.1 Å². The van der Waals surface area contributed by atoms with E-state index < -0.39 is 5.92 Å². The first-order valence-corrected chi connectivity index (χ1v) is 12.6. The third-order valence-corrected chi connectivity index (χ3v) is 7.11. The standard InChI is InChI=1S/C28H35N3O5/c1-19-5-4-6-20(2)31(19)27(33)18-36-25-13-9-23(10-14-25)30-17-22(15-26(30)32)28(34)29-16-21-7-11-24(35-3)12-8-21/h7-14,19-20,22H,4-6,15-18H2,1-3H3,(H,29,34)/t19-,20-,22+/m0/s1. The topological polar surface area (TPSA) is 88.2 Å². The highest BCUT2D eigenvalue weighted by Gasteiger charge is 2.35. The van der Waals surface area contributed by atoms with E-state index in [0.717, 1.165) is 30.6 Å². The van der Waals surface area contributed by atoms with Gasteiger partial charge in [-0.05, 0) is 75.1 Å². The molecule has 3 amide bonds. The number of amides is 3. The monoisotopic (exact) mass is 493 g/mol. The molecule has 0 bridgehead atoms. The summed E-state index contributed by atoms with van der Waals surface area (Å²) >= 11 is 0. The minimum atomic E-state index is -0.405. The fourth-order valence-corrected chi connectivity index (χ4v) is 5.06. The Labute approximate surface area is 212 Å². The summed E-state index contributed by atoms with van der Waals surface area (Å²) in [5.41, 5.74) is 1.67. The predicted molar refractivity (Wildman–Crippen MR) is 137 cm³/mol. The largest absolute Gasteiger partial charge is 0.497 e. The minimum Gasteiger partial charge on any atom is -0.497 e. The number of hydrogen-bond acceptors (Lipinski definition) is 5. The van der Waals surface area contributed by atoms with Crippen LogP contribution in [0.1, 0.15) is 45.1 Å². The fraction of sp³-hybridized carbons (Fsp3) is 0.464. The molecule has 2 aromatic carbocycles. The van der Waals surface area contributed by atoms with Gasteiger partial charge in [-0.1, -0.05) is 12.1 Å². The lowest BCUT2D eigenvalue weighted by Crippen LogP contribution is -2.49. The van der Waals surface area contributed by atoms with Crippen LogP contribution in [0.5, 0.6) is 11.5 Å². The van der Waals surface area contributed by atoms with Gasteiger partial charge in [-0.2, -0.15) is 0 Å². The molecule has 8 heteroatoms. The highest BCUT2D eigenvalue weighted by Crippen LogP contribution is 2.28. The number of carbonyl (C=O) groups is 3. The molecule has 3 atom stereocenters. The van der Waals surface area contributed by atoms with E-state index in [-0.39, 0.29) is 42.8 Å². The van der Waals surface area contributed by atoms with Crippen LogP contribution < -0.4 is 19.7 Å². The third kappa shape index (κ3) is 5.98. The first-order valence-electron chi connectivity index (χ1n) is 12.6. The molecule has 0 aromatic heterocycles. The number of nitrogens with one attached hydrogen (secondary N) is 1. The van der Waals surface area contributed by atoms with E-state index in [0.29, 0.717) is 24.5 Å². The minimum absolute atomic E-state index is 0.00279. The number of hydrogen-bond donors (Lipinski definition) is 1. The van der Waals surface area contributed by atoms with Gasteiger partial charge in [0.25, 0.3) is 5.91 Å². The Hall–Kier alpha value is -3.55. The van der Waals surface area contributed by atoms with E-state index in [2.05, 4.69) is 19.2 Å². The number of methoxy groups -OCH3 is 1. The van der Waals surface area contributed by atoms with Crippen molar-refractivity contribution in [3.8, 4) is 11.5 Å². The second-order valence-electron chi connectivity index (χ2n) is 9.68. The van der Waals surface area contributed by atoms with E-state index in [1.54, 1.807) is 36.3 Å². The van der Waals surface area contributed by atoms with Crippen LogP contribution in [0.25, 0.3) is 0 Å². The zero-order valence-electron chi connectivity index (χ0n) is 21.2. The third-order valence-electron chi connectivity index (χ3n) is 7.11. The van der Waals surface area contributed by atoms with Crippen LogP contribution in [0, 0.1) is 5.92 Å². The van der Waals surface area contributed by atoms with Crippen LogP contribution in [-0.4, -0.2) is 55.0 Å². The highest BCUT2D eigenvalue weighted by molar-refractivity contribution is 6.00. The molecule has 2 aromatic rings. The van der Waals surface area contributed by atoms with Crippen LogP contribution in [0.15, 0.2) is 48.5 Å². The Morgan fingerprint density at radius 1 is 0.972 bits per heavy atom. The zero-order valence-corrected chi connectivity index (χ0v) is 21.2. The van der Waals surface area contributed by atoms with Crippen molar-refractivity contribution in [3.63, 3.8) is 0 Å². The van der Waals surface area contributed by atoms with Gasteiger partial charge in [0.2, 0.25) is 11.8 Å². The molecule has 0 saturated carbocycles. The molecule has 2 fully saturated rings. The molecular formula is C28H35N3O5. The number of anilines is 1. The summed E-state index contributed by atoms with van der Waals surface area (Å²) in [5, 5.41) is 2.93. The van der Waals surface area contributed by atoms with Gasteiger partial charge in [-0.3, -0.25) is 14.4 Å². The van der Waals surface area contributed by atoms with Gasteiger partial charge in [0.05, 0.1) is 13.0 Å². The molecule has 2 aliphatic rings. The normalized spacial score (nSPS) is 21.9. The molecule has 1 N–H and O–H groups in total. The molecule has 4 rings (SSSR count). The Bertz CT molecular complexity index is 1060. The van der Waals surface area contributed by atoms with Crippen molar-refractivity contribution in [2.24, 2.45) is 5.92 Å². The van der Waals surface area contributed by atoms with Crippen LogP contribution in [0.3, 0.4) is 0 Å². The van der Waals surface area contributed by atoms with Gasteiger partial charge in [0, 0.05) is 37.3 Å². The van der Waals surface area contributed by atoms with Crippen LogP contribution in [0.4, 0.5) is 5.69 Å². The second kappa shape index (κ2) is 11.5. The summed E-state index contributed by atoms with van der Waals surface area (Å²) in [6.45, 7) is 4.89. The number of piperidine rings is 1. The number of rotatable bonds is 8. The summed E-state index contributed by atoms with van der Waals surface area (Å²) in [7, 11) is 1.61. The van der Waals surface area contributed by atoms with Crippen LogP contribution >= 0.6 is 0 Å². The number of likely N-dealkylation sites (tertiary alicyclic amines) is 1. The molecule has 2 aliphatic heterocycles. The summed E-state index contributed by atoms with van der Waals surface area (Å²) in [6, 6.07) is 15.1. The molecule has 0 spiro atoms. The molecule has 36 heavy (non-hydrogen) atoms. The van der Waals surface area contributed by atoms with Crippen molar-refractivity contribution < 1.29 is 23.9 Å². The molecular weight excluding hydrogens is 458 g/mol. The number of carbonyl (C=O) groups excluding carboxylic acids is 3. The summed E-state index contributed by atoms with van der Waals surface area (Å²) in [5.74, 6) is 0.703. The van der Waals surface area contributed by atoms with E-state index in [4.69, 9.17) is 9.47 Å². The van der Waals surface area contributed by atoms with Gasteiger partial charge < -0.3 is 24.6 Å². The second-order valence-corrected chi connectivity index (χ2v) is 9.68. The smallest absolute Gasteiger partial charge is 0.260 e. The lowest BCUT2D eigenvalue weighted by Gasteiger charge is -2.38. The molecule has 192 valence electrons. The van der Waals surface area contributed by atoms with Crippen molar-refractivity contribution in [2.45, 2.75) is 58.2 Å². The van der Waals surface area contributed by atoms with Crippen molar-refractivity contribution >= 4 is 23.4 Å². The Morgan fingerprint density at radius 3 is 2.25 bits per heavy atom. The zero-order chi connectivity index (χ0) is 25.7. The highest BCUT2D eigenvalue weighted by atomic mass is 16.5. The average Bonchev–Trinajstić information content (AvgIpc) is 3.28. The number of ether oxygens (including phenoxy) is 2. The SMILES string of the molecule is COc1ccc(CNC(=O)[C@@H]2CC(=O)N(c3ccc(OCC(=O)N4[C@@H](C)CCC[C@@H]4C)cc3)C2)cc1. The van der Waals surface area contributed by atoms with Crippen LogP contribution in [0.2, 0.25) is 0 Å². The Morgan fingerprint density at radius 2 is 1.61 bits per heavy atom. The summed E-state index contributed by atoms with van der Waals surface area (Å²) in [6.07, 6.45) is 3.37. The van der Waals surface area contributed by atoms with E-state index in [1.165, 1.54) is 0 Å². The molecule has 2 heterocycles. The molecule has 2 saturated heterocycles.